The summed E-state index contributed by atoms with van der Waals surface area (Å²) in [5.74, 6) is 0.636. The van der Waals surface area contributed by atoms with Crippen molar-refractivity contribution in [2.75, 3.05) is 0 Å². The van der Waals surface area contributed by atoms with Gasteiger partial charge in [0.25, 0.3) is 0 Å². The first kappa shape index (κ1) is 12.9. The van der Waals surface area contributed by atoms with Gasteiger partial charge in [-0.05, 0) is 24.3 Å². The van der Waals surface area contributed by atoms with Gasteiger partial charge in [-0.3, -0.25) is 0 Å². The molecule has 0 radical (unpaired) electrons. The number of aromatic nitrogens is 2. The number of H-pyrrole nitrogens is 1. The molecule has 1 heterocycles. The predicted octanol–water partition coefficient (Wildman–Crippen LogP) is 4.48. The van der Waals surface area contributed by atoms with Crippen LogP contribution in [-0.2, 0) is 0 Å². The van der Waals surface area contributed by atoms with E-state index < -0.39 is 6.61 Å². The van der Waals surface area contributed by atoms with Crippen LogP contribution in [0.4, 0.5) is 8.78 Å². The molecule has 0 aliphatic heterocycles. The van der Waals surface area contributed by atoms with Gasteiger partial charge in [0.15, 0.2) is 0 Å². The highest BCUT2D eigenvalue weighted by Crippen LogP contribution is 2.27. The first-order chi connectivity index (χ1) is 9.63. The van der Waals surface area contributed by atoms with Crippen LogP contribution < -0.4 is 4.74 Å². The molecule has 1 aromatic heterocycles. The Labute approximate surface area is 118 Å². The largest absolute Gasteiger partial charge is 0.435 e. The fourth-order valence-corrected chi connectivity index (χ4v) is 2.17. The molecule has 3 aromatic rings. The van der Waals surface area contributed by atoms with E-state index in [-0.39, 0.29) is 5.75 Å². The summed E-state index contributed by atoms with van der Waals surface area (Å²) in [5.41, 5.74) is 2.08. The van der Waals surface area contributed by atoms with Crippen molar-refractivity contribution in [2.24, 2.45) is 0 Å². The highest BCUT2D eigenvalue weighted by Gasteiger charge is 2.10. The number of hydrogen-bond donors (Lipinski definition) is 1. The van der Waals surface area contributed by atoms with Crippen LogP contribution >= 0.6 is 11.6 Å². The molecule has 0 unspecified atom stereocenters. The van der Waals surface area contributed by atoms with Crippen molar-refractivity contribution in [2.45, 2.75) is 6.61 Å². The second-order valence-corrected chi connectivity index (χ2v) is 4.53. The van der Waals surface area contributed by atoms with Gasteiger partial charge in [0.05, 0.1) is 10.5 Å². The van der Waals surface area contributed by atoms with E-state index in [1.165, 1.54) is 12.1 Å². The van der Waals surface area contributed by atoms with E-state index in [0.29, 0.717) is 21.9 Å². The van der Waals surface area contributed by atoms with E-state index in [1.807, 2.05) is 12.1 Å². The molecule has 0 fully saturated rings. The van der Waals surface area contributed by atoms with Crippen molar-refractivity contribution < 1.29 is 13.5 Å². The van der Waals surface area contributed by atoms with Gasteiger partial charge in [-0.25, -0.2) is 4.98 Å². The van der Waals surface area contributed by atoms with E-state index in [2.05, 4.69) is 14.7 Å². The molecule has 0 saturated heterocycles. The molecule has 0 aliphatic carbocycles. The van der Waals surface area contributed by atoms with Gasteiger partial charge in [-0.2, -0.15) is 8.78 Å². The summed E-state index contributed by atoms with van der Waals surface area (Å²) < 4.78 is 28.8. The molecule has 102 valence electrons. The van der Waals surface area contributed by atoms with Crippen LogP contribution in [0.2, 0.25) is 5.02 Å². The third-order valence-electron chi connectivity index (χ3n) is 2.80. The minimum absolute atomic E-state index is 0.0871. The molecule has 0 aliphatic rings. The van der Waals surface area contributed by atoms with Crippen molar-refractivity contribution in [3.63, 3.8) is 0 Å². The number of imidazole rings is 1. The maximum atomic E-state index is 12.2. The fraction of sp³-hybridized carbons (Fsp3) is 0.0714. The summed E-state index contributed by atoms with van der Waals surface area (Å²) >= 11 is 6.05. The monoisotopic (exact) mass is 294 g/mol. The van der Waals surface area contributed by atoms with Gasteiger partial charge in [-0.1, -0.05) is 29.8 Å². The zero-order valence-electron chi connectivity index (χ0n) is 10.1. The summed E-state index contributed by atoms with van der Waals surface area (Å²) in [6, 6.07) is 11.7. The van der Waals surface area contributed by atoms with E-state index in [9.17, 15) is 8.78 Å². The molecule has 2 aromatic carbocycles. The lowest BCUT2D eigenvalue weighted by Crippen LogP contribution is -2.01. The number of fused-ring (bicyclic) bond motifs is 1. The number of ether oxygens (including phenoxy) is 1. The van der Waals surface area contributed by atoms with Gasteiger partial charge < -0.3 is 9.72 Å². The number of nitrogens with zero attached hydrogens (tertiary/aromatic N) is 1. The highest BCUT2D eigenvalue weighted by atomic mass is 35.5. The van der Waals surface area contributed by atoms with E-state index in [1.54, 1.807) is 18.2 Å². The molecule has 0 amide bonds. The molecule has 0 saturated carbocycles. The van der Waals surface area contributed by atoms with Crippen molar-refractivity contribution >= 4 is 22.6 Å². The van der Waals surface area contributed by atoms with Crippen molar-refractivity contribution in [3.8, 4) is 17.1 Å². The molecule has 1 N–H and O–H groups in total. The second kappa shape index (κ2) is 5.09. The number of aromatic amines is 1. The summed E-state index contributed by atoms with van der Waals surface area (Å²) in [6.07, 6.45) is 0. The van der Waals surface area contributed by atoms with E-state index in [0.717, 1.165) is 5.52 Å². The van der Waals surface area contributed by atoms with Crippen LogP contribution in [0.5, 0.6) is 5.75 Å². The number of nitrogens with one attached hydrogen (secondary N) is 1. The zero-order valence-corrected chi connectivity index (χ0v) is 10.9. The molecule has 3 nitrogen and oxygen atoms in total. The third-order valence-corrected chi connectivity index (χ3v) is 3.10. The maximum Gasteiger partial charge on any atom is 0.387 e. The number of halogens is 3. The average Bonchev–Trinajstić information content (AvgIpc) is 2.84. The van der Waals surface area contributed by atoms with Gasteiger partial charge in [-0.15, -0.1) is 0 Å². The molecule has 0 atom stereocenters. The Balaban J connectivity index is 2.04. The normalized spacial score (nSPS) is 11.2. The van der Waals surface area contributed by atoms with Crippen LogP contribution in [0.1, 0.15) is 0 Å². The van der Waals surface area contributed by atoms with E-state index >= 15 is 0 Å². The molecule has 0 spiro atoms. The number of rotatable bonds is 3. The Bertz CT molecular complexity index is 758. The summed E-state index contributed by atoms with van der Waals surface area (Å²) in [4.78, 5) is 7.47. The first-order valence-corrected chi connectivity index (χ1v) is 6.21. The minimum Gasteiger partial charge on any atom is -0.435 e. The van der Waals surface area contributed by atoms with Crippen molar-refractivity contribution in [1.29, 1.82) is 0 Å². The van der Waals surface area contributed by atoms with Crippen LogP contribution in [-0.4, -0.2) is 16.6 Å². The third kappa shape index (κ3) is 2.44. The Hall–Kier alpha value is -2.14. The smallest absolute Gasteiger partial charge is 0.387 e. The number of alkyl halides is 2. The van der Waals surface area contributed by atoms with Gasteiger partial charge in [0.2, 0.25) is 0 Å². The minimum atomic E-state index is -2.85. The lowest BCUT2D eigenvalue weighted by molar-refractivity contribution is -0.0498. The van der Waals surface area contributed by atoms with E-state index in [4.69, 9.17) is 11.6 Å². The Morgan fingerprint density at radius 1 is 1.15 bits per heavy atom. The van der Waals surface area contributed by atoms with Crippen LogP contribution in [0.3, 0.4) is 0 Å². The average molecular weight is 295 g/mol. The van der Waals surface area contributed by atoms with Gasteiger partial charge >= 0.3 is 6.61 Å². The summed E-state index contributed by atoms with van der Waals surface area (Å²) in [5, 5.41) is 0.532. The molecule has 3 rings (SSSR count). The standard InChI is InChI=1S/C14H9ClF2N2O/c15-10-5-2-6-11-12(10)19-13(18-11)8-3-1-4-9(7-8)20-14(16)17/h1-7,14H,(H,18,19). The first-order valence-electron chi connectivity index (χ1n) is 5.83. The number of hydrogen-bond acceptors (Lipinski definition) is 2. The van der Waals surface area contributed by atoms with Gasteiger partial charge in [0.1, 0.15) is 17.1 Å². The Morgan fingerprint density at radius 3 is 2.70 bits per heavy atom. The topological polar surface area (TPSA) is 37.9 Å². The fourth-order valence-electron chi connectivity index (χ4n) is 1.95. The predicted molar refractivity (Wildman–Crippen MR) is 73.2 cm³/mol. The molecular weight excluding hydrogens is 286 g/mol. The van der Waals surface area contributed by atoms with Crippen molar-refractivity contribution in [3.05, 3.63) is 47.5 Å². The Morgan fingerprint density at radius 2 is 1.95 bits per heavy atom. The molecule has 20 heavy (non-hydrogen) atoms. The van der Waals surface area contributed by atoms with Crippen LogP contribution in [0, 0.1) is 0 Å². The SMILES string of the molecule is FC(F)Oc1cccc(-c2nc3c(Cl)cccc3[nH]2)c1. The lowest BCUT2D eigenvalue weighted by Gasteiger charge is -2.05. The van der Waals surface area contributed by atoms with Crippen LogP contribution in [0.25, 0.3) is 22.4 Å². The highest BCUT2D eigenvalue weighted by molar-refractivity contribution is 6.34. The Kier molecular flexibility index (Phi) is 3.28. The second-order valence-electron chi connectivity index (χ2n) is 4.13. The summed E-state index contributed by atoms with van der Waals surface area (Å²) in [6.45, 7) is -2.85. The molecule has 0 bridgehead atoms. The molecule has 6 heteroatoms. The maximum absolute atomic E-state index is 12.2. The van der Waals surface area contributed by atoms with Crippen molar-refractivity contribution in [1.82, 2.24) is 9.97 Å². The quantitative estimate of drug-likeness (QED) is 0.773. The number of para-hydroxylation sites is 1. The lowest BCUT2D eigenvalue weighted by atomic mass is 10.2. The number of benzene rings is 2. The van der Waals surface area contributed by atoms with Crippen LogP contribution in [0.15, 0.2) is 42.5 Å². The zero-order chi connectivity index (χ0) is 14.1. The summed E-state index contributed by atoms with van der Waals surface area (Å²) in [7, 11) is 0. The van der Waals surface area contributed by atoms with Gasteiger partial charge in [0, 0.05) is 5.56 Å². The molecular formula is C14H9ClF2N2O.